The first-order chi connectivity index (χ1) is 8.24. The van der Waals surface area contributed by atoms with Gasteiger partial charge in [-0.1, -0.05) is 12.1 Å². The summed E-state index contributed by atoms with van der Waals surface area (Å²) in [6.45, 7) is 4.75. The topological polar surface area (TPSA) is 52.0 Å². The lowest BCUT2D eigenvalue weighted by Crippen LogP contribution is -2.12. The van der Waals surface area contributed by atoms with Gasteiger partial charge in [-0.2, -0.15) is 0 Å². The van der Waals surface area contributed by atoms with Gasteiger partial charge >= 0.3 is 0 Å². The Labute approximate surface area is 100 Å². The second-order valence-corrected chi connectivity index (χ2v) is 4.01. The van der Waals surface area contributed by atoms with E-state index in [1.54, 1.807) is 17.3 Å². The SMILES string of the molecule is CC(C)Oc1ccc(CNn2cnnc2)cc1. The van der Waals surface area contributed by atoms with Crippen LogP contribution < -0.4 is 10.2 Å². The number of rotatable bonds is 5. The van der Waals surface area contributed by atoms with Gasteiger partial charge in [-0.15, -0.1) is 10.2 Å². The van der Waals surface area contributed by atoms with Gasteiger partial charge < -0.3 is 10.2 Å². The van der Waals surface area contributed by atoms with E-state index in [0.29, 0.717) is 0 Å². The van der Waals surface area contributed by atoms with E-state index in [4.69, 9.17) is 4.74 Å². The number of nitrogens with zero attached hydrogens (tertiary/aromatic N) is 3. The van der Waals surface area contributed by atoms with Crippen LogP contribution >= 0.6 is 0 Å². The Bertz CT molecular complexity index is 436. The van der Waals surface area contributed by atoms with E-state index >= 15 is 0 Å². The molecule has 0 radical (unpaired) electrons. The van der Waals surface area contributed by atoms with Crippen LogP contribution in [-0.4, -0.2) is 21.0 Å². The van der Waals surface area contributed by atoms with Gasteiger partial charge in [-0.3, -0.25) is 0 Å². The number of aromatic nitrogens is 3. The quantitative estimate of drug-likeness (QED) is 0.854. The number of benzene rings is 1. The Hall–Kier alpha value is -2.04. The van der Waals surface area contributed by atoms with Crippen LogP contribution in [0.3, 0.4) is 0 Å². The van der Waals surface area contributed by atoms with Gasteiger partial charge in [-0.25, -0.2) is 4.68 Å². The molecule has 90 valence electrons. The molecule has 5 heteroatoms. The highest BCUT2D eigenvalue weighted by Crippen LogP contribution is 2.13. The molecule has 1 aromatic heterocycles. The third-order valence-corrected chi connectivity index (χ3v) is 2.18. The molecule has 0 aliphatic heterocycles. The van der Waals surface area contributed by atoms with Crippen molar-refractivity contribution >= 4 is 0 Å². The Morgan fingerprint density at radius 3 is 2.41 bits per heavy atom. The molecule has 0 unspecified atom stereocenters. The predicted octanol–water partition coefficient (Wildman–Crippen LogP) is 1.81. The van der Waals surface area contributed by atoms with Crippen LogP contribution in [0.2, 0.25) is 0 Å². The molecule has 1 aromatic carbocycles. The van der Waals surface area contributed by atoms with E-state index in [-0.39, 0.29) is 6.10 Å². The summed E-state index contributed by atoms with van der Waals surface area (Å²) in [5.41, 5.74) is 4.33. The predicted molar refractivity (Wildman–Crippen MR) is 65.3 cm³/mol. The molecule has 0 spiro atoms. The van der Waals surface area contributed by atoms with Gasteiger partial charge in [-0.05, 0) is 31.5 Å². The molecule has 1 heterocycles. The zero-order valence-corrected chi connectivity index (χ0v) is 10.00. The average molecular weight is 232 g/mol. The first-order valence-corrected chi connectivity index (χ1v) is 5.58. The lowest BCUT2D eigenvalue weighted by molar-refractivity contribution is 0.242. The van der Waals surface area contributed by atoms with Gasteiger partial charge in [0, 0.05) is 0 Å². The molecule has 0 fully saturated rings. The molecule has 0 saturated heterocycles. The molecule has 5 nitrogen and oxygen atoms in total. The molecule has 17 heavy (non-hydrogen) atoms. The van der Waals surface area contributed by atoms with Crippen molar-refractivity contribution in [2.45, 2.75) is 26.5 Å². The Balaban J connectivity index is 1.89. The minimum absolute atomic E-state index is 0.205. The van der Waals surface area contributed by atoms with Crippen molar-refractivity contribution in [1.29, 1.82) is 0 Å². The highest BCUT2D eigenvalue weighted by Gasteiger charge is 1.98. The normalized spacial score (nSPS) is 10.5. The molecule has 0 saturated carbocycles. The minimum Gasteiger partial charge on any atom is -0.491 e. The molecular formula is C12H16N4O. The van der Waals surface area contributed by atoms with Gasteiger partial charge in [0.15, 0.2) is 0 Å². The van der Waals surface area contributed by atoms with Crippen molar-refractivity contribution in [2.24, 2.45) is 0 Å². The van der Waals surface area contributed by atoms with Gasteiger partial charge in [0.2, 0.25) is 0 Å². The monoisotopic (exact) mass is 232 g/mol. The summed E-state index contributed by atoms with van der Waals surface area (Å²) in [4.78, 5) is 0. The maximum Gasteiger partial charge on any atom is 0.138 e. The standard InChI is InChI=1S/C12H16N4O/c1-10(2)17-12-5-3-11(4-6-12)7-15-16-8-13-14-9-16/h3-6,8-10,15H,7H2,1-2H3. The average Bonchev–Trinajstić information content (AvgIpc) is 2.80. The second kappa shape index (κ2) is 5.34. The van der Waals surface area contributed by atoms with Crippen molar-refractivity contribution in [3.63, 3.8) is 0 Å². The van der Waals surface area contributed by atoms with Gasteiger partial charge in [0.25, 0.3) is 0 Å². The largest absolute Gasteiger partial charge is 0.491 e. The summed E-state index contributed by atoms with van der Waals surface area (Å²) in [6, 6.07) is 8.02. The highest BCUT2D eigenvalue weighted by molar-refractivity contribution is 5.27. The molecule has 1 N–H and O–H groups in total. The molecule has 0 bridgehead atoms. The highest BCUT2D eigenvalue weighted by atomic mass is 16.5. The molecule has 2 aromatic rings. The van der Waals surface area contributed by atoms with E-state index in [2.05, 4.69) is 15.6 Å². The van der Waals surface area contributed by atoms with Crippen molar-refractivity contribution in [3.05, 3.63) is 42.5 Å². The van der Waals surface area contributed by atoms with E-state index in [0.717, 1.165) is 12.3 Å². The molecular weight excluding hydrogens is 216 g/mol. The van der Waals surface area contributed by atoms with Crippen LogP contribution in [0.5, 0.6) is 5.75 Å². The molecule has 2 rings (SSSR count). The lowest BCUT2D eigenvalue weighted by Gasteiger charge is -2.10. The van der Waals surface area contributed by atoms with Crippen LogP contribution in [-0.2, 0) is 6.54 Å². The number of hydrogen-bond acceptors (Lipinski definition) is 4. The van der Waals surface area contributed by atoms with Crippen LogP contribution in [0.25, 0.3) is 0 Å². The minimum atomic E-state index is 0.205. The number of ether oxygens (including phenoxy) is 1. The Morgan fingerprint density at radius 2 is 1.82 bits per heavy atom. The van der Waals surface area contributed by atoms with Crippen LogP contribution in [0.15, 0.2) is 36.9 Å². The first-order valence-electron chi connectivity index (χ1n) is 5.58. The fourth-order valence-corrected chi connectivity index (χ4v) is 1.42. The van der Waals surface area contributed by atoms with Crippen molar-refractivity contribution in [1.82, 2.24) is 14.9 Å². The smallest absolute Gasteiger partial charge is 0.138 e. The summed E-state index contributed by atoms with van der Waals surface area (Å²) in [6.07, 6.45) is 3.45. The molecule has 0 aliphatic rings. The number of nitrogens with one attached hydrogen (secondary N) is 1. The maximum atomic E-state index is 5.57. The van der Waals surface area contributed by atoms with E-state index < -0.39 is 0 Å². The maximum absolute atomic E-state index is 5.57. The first kappa shape index (κ1) is 11.4. The van der Waals surface area contributed by atoms with E-state index in [9.17, 15) is 0 Å². The second-order valence-electron chi connectivity index (χ2n) is 4.01. The number of hydrogen-bond donors (Lipinski definition) is 1. The summed E-state index contributed by atoms with van der Waals surface area (Å²) < 4.78 is 7.29. The summed E-state index contributed by atoms with van der Waals surface area (Å²) in [7, 11) is 0. The zero-order valence-electron chi connectivity index (χ0n) is 10.00. The Morgan fingerprint density at radius 1 is 1.18 bits per heavy atom. The van der Waals surface area contributed by atoms with Crippen molar-refractivity contribution < 1.29 is 4.74 Å². The third-order valence-electron chi connectivity index (χ3n) is 2.18. The van der Waals surface area contributed by atoms with Gasteiger partial charge in [0.1, 0.15) is 18.4 Å². The Kier molecular flexibility index (Phi) is 3.59. The summed E-state index contributed by atoms with van der Waals surface area (Å²) in [5.74, 6) is 0.896. The van der Waals surface area contributed by atoms with Gasteiger partial charge in [0.05, 0.1) is 12.6 Å². The fraction of sp³-hybridized carbons (Fsp3) is 0.333. The molecule has 0 amide bonds. The van der Waals surface area contributed by atoms with Crippen molar-refractivity contribution in [2.75, 3.05) is 5.43 Å². The van der Waals surface area contributed by atoms with Crippen LogP contribution in [0.1, 0.15) is 19.4 Å². The lowest BCUT2D eigenvalue weighted by atomic mass is 10.2. The third kappa shape index (κ3) is 3.48. The zero-order chi connectivity index (χ0) is 12.1. The molecule has 0 atom stereocenters. The summed E-state index contributed by atoms with van der Waals surface area (Å²) >= 11 is 0. The summed E-state index contributed by atoms with van der Waals surface area (Å²) in [5, 5.41) is 7.42. The molecule has 0 aliphatic carbocycles. The van der Waals surface area contributed by atoms with Crippen LogP contribution in [0, 0.1) is 0 Å². The fourth-order valence-electron chi connectivity index (χ4n) is 1.42. The van der Waals surface area contributed by atoms with E-state index in [1.807, 2.05) is 38.1 Å². The van der Waals surface area contributed by atoms with Crippen molar-refractivity contribution in [3.8, 4) is 5.75 Å². The van der Waals surface area contributed by atoms with Crippen LogP contribution in [0.4, 0.5) is 0 Å². The van der Waals surface area contributed by atoms with E-state index in [1.165, 1.54) is 5.56 Å².